The van der Waals surface area contributed by atoms with Crippen LogP contribution in [-0.4, -0.2) is 18.7 Å². The average molecular weight is 314 g/mol. The SMILES string of the molecule is Cc1ccc(OC(C)CCCNC(C)C)c(Br)c1. The number of benzene rings is 1. The fourth-order valence-corrected chi connectivity index (χ4v) is 2.34. The Labute approximate surface area is 119 Å². The van der Waals surface area contributed by atoms with Crippen molar-refractivity contribution in [3.63, 3.8) is 0 Å². The van der Waals surface area contributed by atoms with Crippen LogP contribution in [0, 0.1) is 6.92 Å². The molecule has 1 aromatic carbocycles. The molecule has 0 radical (unpaired) electrons. The molecule has 3 heteroatoms. The fourth-order valence-electron chi connectivity index (χ4n) is 1.76. The van der Waals surface area contributed by atoms with Crippen LogP contribution in [0.25, 0.3) is 0 Å². The smallest absolute Gasteiger partial charge is 0.133 e. The van der Waals surface area contributed by atoms with E-state index in [0.29, 0.717) is 6.04 Å². The lowest BCUT2D eigenvalue weighted by Gasteiger charge is -2.16. The largest absolute Gasteiger partial charge is 0.490 e. The quantitative estimate of drug-likeness (QED) is 0.758. The van der Waals surface area contributed by atoms with Crippen LogP contribution >= 0.6 is 15.9 Å². The Morgan fingerprint density at radius 1 is 1.28 bits per heavy atom. The third-order valence-corrected chi connectivity index (χ3v) is 3.38. The van der Waals surface area contributed by atoms with E-state index >= 15 is 0 Å². The first-order chi connectivity index (χ1) is 8.49. The molecule has 0 aromatic heterocycles. The van der Waals surface area contributed by atoms with Crippen molar-refractivity contribution in [2.45, 2.75) is 52.7 Å². The Morgan fingerprint density at radius 3 is 2.61 bits per heavy atom. The molecule has 0 spiro atoms. The molecule has 0 saturated heterocycles. The molecule has 0 saturated carbocycles. The summed E-state index contributed by atoms with van der Waals surface area (Å²) in [6.07, 6.45) is 2.46. The van der Waals surface area contributed by atoms with Crippen LogP contribution in [0.15, 0.2) is 22.7 Å². The van der Waals surface area contributed by atoms with Crippen molar-refractivity contribution < 1.29 is 4.74 Å². The summed E-state index contributed by atoms with van der Waals surface area (Å²) < 4.78 is 6.97. The molecule has 102 valence electrons. The van der Waals surface area contributed by atoms with Crippen LogP contribution in [0.5, 0.6) is 5.75 Å². The van der Waals surface area contributed by atoms with Crippen LogP contribution < -0.4 is 10.1 Å². The van der Waals surface area contributed by atoms with Crippen LogP contribution in [0.2, 0.25) is 0 Å². The van der Waals surface area contributed by atoms with Gasteiger partial charge in [-0.3, -0.25) is 0 Å². The summed E-state index contributed by atoms with van der Waals surface area (Å²) in [6.45, 7) is 9.60. The van der Waals surface area contributed by atoms with Gasteiger partial charge in [0, 0.05) is 6.04 Å². The molecule has 0 aliphatic carbocycles. The summed E-state index contributed by atoms with van der Waals surface area (Å²) in [6, 6.07) is 6.75. The Balaban J connectivity index is 2.33. The molecular formula is C15H24BrNO. The molecule has 1 N–H and O–H groups in total. The number of rotatable bonds is 7. The number of hydrogen-bond acceptors (Lipinski definition) is 2. The van der Waals surface area contributed by atoms with Crippen molar-refractivity contribution in [1.29, 1.82) is 0 Å². The highest BCUT2D eigenvalue weighted by molar-refractivity contribution is 9.10. The van der Waals surface area contributed by atoms with E-state index in [2.05, 4.69) is 61.1 Å². The van der Waals surface area contributed by atoms with E-state index < -0.39 is 0 Å². The molecule has 1 aromatic rings. The first-order valence-corrected chi connectivity index (χ1v) is 7.44. The summed E-state index contributed by atoms with van der Waals surface area (Å²) in [7, 11) is 0. The van der Waals surface area contributed by atoms with Crippen LogP contribution in [0.1, 0.15) is 39.2 Å². The molecule has 0 amide bonds. The molecule has 0 aliphatic heterocycles. The predicted octanol–water partition coefficient (Wildman–Crippen LogP) is 4.30. The van der Waals surface area contributed by atoms with Gasteiger partial charge in [0.25, 0.3) is 0 Å². The third kappa shape index (κ3) is 5.87. The molecule has 0 fully saturated rings. The van der Waals surface area contributed by atoms with E-state index in [1.165, 1.54) is 5.56 Å². The van der Waals surface area contributed by atoms with E-state index in [1.54, 1.807) is 0 Å². The lowest BCUT2D eigenvalue weighted by atomic mass is 10.2. The molecule has 0 aliphatic rings. The van der Waals surface area contributed by atoms with Crippen molar-refractivity contribution in [3.8, 4) is 5.75 Å². The van der Waals surface area contributed by atoms with Gasteiger partial charge in [-0.25, -0.2) is 0 Å². The maximum absolute atomic E-state index is 5.93. The molecule has 0 bridgehead atoms. The summed E-state index contributed by atoms with van der Waals surface area (Å²) in [5.74, 6) is 0.935. The van der Waals surface area contributed by atoms with Gasteiger partial charge in [0.1, 0.15) is 5.75 Å². The van der Waals surface area contributed by atoms with Crippen LogP contribution in [-0.2, 0) is 0 Å². The maximum atomic E-state index is 5.93. The second-order valence-corrected chi connectivity index (χ2v) is 5.97. The minimum absolute atomic E-state index is 0.248. The average Bonchev–Trinajstić information content (AvgIpc) is 2.28. The second-order valence-electron chi connectivity index (χ2n) is 5.11. The highest BCUT2D eigenvalue weighted by Crippen LogP contribution is 2.27. The highest BCUT2D eigenvalue weighted by Gasteiger charge is 2.07. The summed E-state index contributed by atoms with van der Waals surface area (Å²) >= 11 is 3.54. The van der Waals surface area contributed by atoms with Crippen molar-refractivity contribution >= 4 is 15.9 Å². The minimum atomic E-state index is 0.248. The van der Waals surface area contributed by atoms with Gasteiger partial charge >= 0.3 is 0 Å². The van der Waals surface area contributed by atoms with E-state index in [0.717, 1.165) is 29.6 Å². The van der Waals surface area contributed by atoms with Crippen molar-refractivity contribution in [1.82, 2.24) is 5.32 Å². The standard InChI is InChI=1S/C15H24BrNO/c1-11(2)17-9-5-6-13(4)18-15-8-7-12(3)10-14(15)16/h7-8,10-11,13,17H,5-6,9H2,1-4H3. The molecular weight excluding hydrogens is 290 g/mol. The van der Waals surface area contributed by atoms with Crippen LogP contribution in [0.3, 0.4) is 0 Å². The molecule has 1 rings (SSSR count). The number of ether oxygens (including phenoxy) is 1. The molecule has 1 atom stereocenters. The summed E-state index contributed by atoms with van der Waals surface area (Å²) in [5, 5.41) is 3.42. The minimum Gasteiger partial charge on any atom is -0.490 e. The molecule has 18 heavy (non-hydrogen) atoms. The van der Waals surface area contributed by atoms with Crippen LogP contribution in [0.4, 0.5) is 0 Å². The highest BCUT2D eigenvalue weighted by atomic mass is 79.9. The fraction of sp³-hybridized carbons (Fsp3) is 0.600. The summed E-state index contributed by atoms with van der Waals surface area (Å²) in [4.78, 5) is 0. The van der Waals surface area contributed by atoms with Gasteiger partial charge in [-0.15, -0.1) is 0 Å². The van der Waals surface area contributed by atoms with Gasteiger partial charge in [0.15, 0.2) is 0 Å². The molecule has 2 nitrogen and oxygen atoms in total. The zero-order valence-electron chi connectivity index (χ0n) is 11.8. The Kier molecular flexibility index (Phi) is 6.72. The molecule has 1 unspecified atom stereocenters. The van der Waals surface area contributed by atoms with Gasteiger partial charge in [0.05, 0.1) is 10.6 Å². The Bertz CT molecular complexity index is 366. The normalized spacial score (nSPS) is 12.8. The number of hydrogen-bond donors (Lipinski definition) is 1. The van der Waals surface area contributed by atoms with E-state index in [4.69, 9.17) is 4.74 Å². The molecule has 0 heterocycles. The second kappa shape index (κ2) is 7.80. The third-order valence-electron chi connectivity index (χ3n) is 2.76. The summed E-state index contributed by atoms with van der Waals surface area (Å²) in [5.41, 5.74) is 1.24. The van der Waals surface area contributed by atoms with Crippen molar-refractivity contribution in [2.24, 2.45) is 0 Å². The van der Waals surface area contributed by atoms with Gasteiger partial charge in [0.2, 0.25) is 0 Å². The van der Waals surface area contributed by atoms with Gasteiger partial charge in [-0.1, -0.05) is 19.9 Å². The number of aryl methyl sites for hydroxylation is 1. The zero-order valence-corrected chi connectivity index (χ0v) is 13.4. The number of nitrogens with one attached hydrogen (secondary N) is 1. The first kappa shape index (κ1) is 15.5. The lowest BCUT2D eigenvalue weighted by Crippen LogP contribution is -2.25. The van der Waals surface area contributed by atoms with Crippen molar-refractivity contribution in [3.05, 3.63) is 28.2 Å². The predicted molar refractivity (Wildman–Crippen MR) is 81.3 cm³/mol. The van der Waals surface area contributed by atoms with Crippen molar-refractivity contribution in [2.75, 3.05) is 6.54 Å². The van der Waals surface area contributed by atoms with E-state index in [-0.39, 0.29) is 6.10 Å². The lowest BCUT2D eigenvalue weighted by molar-refractivity contribution is 0.205. The topological polar surface area (TPSA) is 21.3 Å². The number of halogens is 1. The maximum Gasteiger partial charge on any atom is 0.133 e. The Hall–Kier alpha value is -0.540. The van der Waals surface area contributed by atoms with E-state index in [1.807, 2.05) is 6.07 Å². The first-order valence-electron chi connectivity index (χ1n) is 6.65. The Morgan fingerprint density at radius 2 is 2.00 bits per heavy atom. The monoisotopic (exact) mass is 313 g/mol. The van der Waals surface area contributed by atoms with Gasteiger partial charge < -0.3 is 10.1 Å². The van der Waals surface area contributed by atoms with E-state index in [9.17, 15) is 0 Å². The van der Waals surface area contributed by atoms with Gasteiger partial charge in [-0.05, 0) is 66.9 Å². The zero-order chi connectivity index (χ0) is 13.5. The van der Waals surface area contributed by atoms with Gasteiger partial charge in [-0.2, -0.15) is 0 Å².